The zero-order chi connectivity index (χ0) is 27.1. The van der Waals surface area contributed by atoms with Crippen LogP contribution < -0.4 is 10.0 Å². The van der Waals surface area contributed by atoms with Crippen LogP contribution in [0.3, 0.4) is 0 Å². The van der Waals surface area contributed by atoms with Gasteiger partial charge in [0, 0.05) is 17.3 Å². The zero-order valence-electron chi connectivity index (χ0n) is 22.0. The van der Waals surface area contributed by atoms with Crippen LogP contribution in [0.5, 0.6) is 0 Å². The second kappa shape index (κ2) is 9.47. The summed E-state index contributed by atoms with van der Waals surface area (Å²) in [6.07, 6.45) is 5.20. The fourth-order valence-electron chi connectivity index (χ4n) is 4.85. The molecule has 1 saturated carbocycles. The molecule has 2 aromatic carbocycles. The van der Waals surface area contributed by atoms with Crippen molar-refractivity contribution in [2.24, 2.45) is 0 Å². The number of ether oxygens (including phenoxy) is 1. The standard InChI is InChI=1S/C29H32N4O4S/c1-28(2,3)37-27(34)31-29(17-8-18-29)22-13-11-20(12-14-22)25-26(21-9-6-5-7-10-21)33-19-23(32-38(4,35)36)15-16-24(33)30-25/h5-7,9-16,19,32H,8,17-18H2,1-4H3,(H,31,34). The first kappa shape index (κ1) is 25.8. The zero-order valence-corrected chi connectivity index (χ0v) is 22.8. The number of amides is 1. The van der Waals surface area contributed by atoms with Crippen molar-refractivity contribution in [1.29, 1.82) is 0 Å². The fraction of sp³-hybridized carbons (Fsp3) is 0.310. The van der Waals surface area contributed by atoms with Crippen LogP contribution in [-0.2, 0) is 20.3 Å². The van der Waals surface area contributed by atoms with Gasteiger partial charge in [0.2, 0.25) is 10.0 Å². The molecule has 38 heavy (non-hydrogen) atoms. The van der Waals surface area contributed by atoms with Gasteiger partial charge in [-0.25, -0.2) is 18.2 Å². The van der Waals surface area contributed by atoms with Crippen molar-refractivity contribution in [2.75, 3.05) is 11.0 Å². The number of pyridine rings is 1. The van der Waals surface area contributed by atoms with Gasteiger partial charge < -0.3 is 10.1 Å². The lowest BCUT2D eigenvalue weighted by molar-refractivity contribution is 0.0377. The van der Waals surface area contributed by atoms with Crippen LogP contribution in [0.1, 0.15) is 45.6 Å². The van der Waals surface area contributed by atoms with Crippen LogP contribution in [0.15, 0.2) is 72.9 Å². The maximum absolute atomic E-state index is 12.6. The number of fused-ring (bicyclic) bond motifs is 1. The number of nitrogens with one attached hydrogen (secondary N) is 2. The average Bonchev–Trinajstić information content (AvgIpc) is 3.19. The molecule has 8 nitrogen and oxygen atoms in total. The van der Waals surface area contributed by atoms with E-state index in [4.69, 9.17) is 9.72 Å². The lowest BCUT2D eigenvalue weighted by Gasteiger charge is -2.43. The van der Waals surface area contributed by atoms with Crippen LogP contribution >= 0.6 is 0 Å². The maximum Gasteiger partial charge on any atom is 0.408 e. The second-order valence-electron chi connectivity index (χ2n) is 10.8. The van der Waals surface area contributed by atoms with E-state index in [0.717, 1.165) is 53.6 Å². The number of hydrogen-bond acceptors (Lipinski definition) is 5. The Kier molecular flexibility index (Phi) is 6.43. The molecule has 1 fully saturated rings. The molecule has 1 aliphatic rings. The van der Waals surface area contributed by atoms with Gasteiger partial charge in [0.25, 0.3) is 0 Å². The first-order valence-electron chi connectivity index (χ1n) is 12.6. The Morgan fingerprint density at radius 2 is 1.66 bits per heavy atom. The van der Waals surface area contributed by atoms with Crippen molar-refractivity contribution in [1.82, 2.24) is 14.7 Å². The summed E-state index contributed by atoms with van der Waals surface area (Å²) in [4.78, 5) is 17.5. The third kappa shape index (κ3) is 5.38. The summed E-state index contributed by atoms with van der Waals surface area (Å²) in [6, 6.07) is 21.5. The highest BCUT2D eigenvalue weighted by atomic mass is 32.2. The Morgan fingerprint density at radius 3 is 2.24 bits per heavy atom. The molecule has 2 aromatic heterocycles. The number of carbonyl (C=O) groups is 1. The van der Waals surface area contributed by atoms with Crippen LogP contribution in [0, 0.1) is 0 Å². The Bertz CT molecular complexity index is 1580. The molecule has 0 radical (unpaired) electrons. The van der Waals surface area contributed by atoms with Crippen molar-refractivity contribution >= 4 is 27.5 Å². The first-order valence-corrected chi connectivity index (χ1v) is 14.5. The van der Waals surface area contributed by atoms with Crippen LogP contribution in [0.25, 0.3) is 28.2 Å². The number of imidazole rings is 1. The molecule has 2 N–H and O–H groups in total. The second-order valence-corrected chi connectivity index (χ2v) is 12.6. The van der Waals surface area contributed by atoms with Gasteiger partial charge in [-0.1, -0.05) is 54.6 Å². The highest BCUT2D eigenvalue weighted by Gasteiger charge is 2.41. The van der Waals surface area contributed by atoms with Crippen molar-refractivity contribution in [3.05, 3.63) is 78.5 Å². The molecule has 1 amide bonds. The van der Waals surface area contributed by atoms with Gasteiger partial charge in [-0.3, -0.25) is 9.12 Å². The highest BCUT2D eigenvalue weighted by molar-refractivity contribution is 7.92. The van der Waals surface area contributed by atoms with E-state index in [9.17, 15) is 13.2 Å². The molecule has 0 atom stereocenters. The molecule has 0 aliphatic heterocycles. The van der Waals surface area contributed by atoms with Crippen LogP contribution in [0.4, 0.5) is 10.5 Å². The van der Waals surface area contributed by atoms with E-state index in [1.54, 1.807) is 18.3 Å². The van der Waals surface area contributed by atoms with Gasteiger partial charge in [0.05, 0.1) is 28.9 Å². The van der Waals surface area contributed by atoms with Gasteiger partial charge in [0.15, 0.2) is 0 Å². The number of carbonyl (C=O) groups excluding carboxylic acids is 1. The quantitative estimate of drug-likeness (QED) is 0.320. The molecule has 0 saturated heterocycles. The predicted octanol–water partition coefficient (Wildman–Crippen LogP) is 5.94. The minimum atomic E-state index is -3.43. The van der Waals surface area contributed by atoms with Crippen molar-refractivity contribution in [3.63, 3.8) is 0 Å². The van der Waals surface area contributed by atoms with Crippen LogP contribution in [0.2, 0.25) is 0 Å². The van der Waals surface area contributed by atoms with E-state index >= 15 is 0 Å². The number of aromatic nitrogens is 2. The summed E-state index contributed by atoms with van der Waals surface area (Å²) in [5, 5.41) is 3.11. The monoisotopic (exact) mass is 532 g/mol. The topological polar surface area (TPSA) is 102 Å². The number of alkyl carbamates (subject to hydrolysis) is 1. The highest BCUT2D eigenvalue weighted by Crippen LogP contribution is 2.42. The number of nitrogens with zero attached hydrogens (tertiary/aromatic N) is 2. The predicted molar refractivity (Wildman–Crippen MR) is 149 cm³/mol. The van der Waals surface area contributed by atoms with E-state index in [1.165, 1.54) is 0 Å². The Morgan fingerprint density at radius 1 is 0.974 bits per heavy atom. The summed E-state index contributed by atoms with van der Waals surface area (Å²) < 4.78 is 33.6. The van der Waals surface area contributed by atoms with E-state index in [-0.39, 0.29) is 0 Å². The number of anilines is 1. The SMILES string of the molecule is CC(C)(C)OC(=O)NC1(c2ccc(-c3nc4ccc(NS(C)(=O)=O)cn4c3-c3ccccc3)cc2)CCC1. The number of rotatable bonds is 6. The molecule has 4 aromatic rings. The lowest BCUT2D eigenvalue weighted by atomic mass is 9.71. The number of hydrogen-bond donors (Lipinski definition) is 2. The molecular formula is C29H32N4O4S. The third-order valence-electron chi connectivity index (χ3n) is 6.63. The Labute approximate surface area is 223 Å². The fourth-order valence-corrected chi connectivity index (χ4v) is 5.40. The van der Waals surface area contributed by atoms with Crippen molar-refractivity contribution in [3.8, 4) is 22.5 Å². The molecule has 9 heteroatoms. The first-order chi connectivity index (χ1) is 17.9. The summed E-state index contributed by atoms with van der Waals surface area (Å²) in [6.45, 7) is 5.57. The van der Waals surface area contributed by atoms with Gasteiger partial charge in [0.1, 0.15) is 11.2 Å². The molecule has 5 rings (SSSR count). The third-order valence-corrected chi connectivity index (χ3v) is 7.23. The summed E-state index contributed by atoms with van der Waals surface area (Å²) in [7, 11) is -3.43. The smallest absolute Gasteiger partial charge is 0.408 e. The van der Waals surface area contributed by atoms with E-state index in [2.05, 4.69) is 10.0 Å². The van der Waals surface area contributed by atoms with E-state index in [1.807, 2.05) is 79.8 Å². The Hall–Kier alpha value is -3.85. The lowest BCUT2D eigenvalue weighted by Crippen LogP contribution is -2.52. The molecule has 0 spiro atoms. The largest absolute Gasteiger partial charge is 0.444 e. The summed E-state index contributed by atoms with van der Waals surface area (Å²) >= 11 is 0. The Balaban J connectivity index is 1.54. The van der Waals surface area contributed by atoms with E-state index in [0.29, 0.717) is 11.3 Å². The minimum absolute atomic E-state index is 0.411. The minimum Gasteiger partial charge on any atom is -0.444 e. The molecule has 0 unspecified atom stereocenters. The van der Waals surface area contributed by atoms with E-state index < -0.39 is 27.3 Å². The molecule has 2 heterocycles. The van der Waals surface area contributed by atoms with Gasteiger partial charge in [-0.15, -0.1) is 0 Å². The summed E-state index contributed by atoms with van der Waals surface area (Å²) in [5.41, 5.74) is 4.69. The molecule has 0 bridgehead atoms. The normalized spacial score (nSPS) is 15.1. The average molecular weight is 533 g/mol. The molecule has 1 aliphatic carbocycles. The maximum atomic E-state index is 12.6. The van der Waals surface area contributed by atoms with Gasteiger partial charge in [-0.2, -0.15) is 0 Å². The van der Waals surface area contributed by atoms with Crippen LogP contribution in [-0.4, -0.2) is 35.8 Å². The van der Waals surface area contributed by atoms with Gasteiger partial charge >= 0.3 is 6.09 Å². The summed E-state index contributed by atoms with van der Waals surface area (Å²) in [5.74, 6) is 0. The molecule has 198 valence electrons. The van der Waals surface area contributed by atoms with Crippen molar-refractivity contribution in [2.45, 2.75) is 51.2 Å². The molecular weight excluding hydrogens is 500 g/mol. The number of benzene rings is 2. The van der Waals surface area contributed by atoms with Crippen molar-refractivity contribution < 1.29 is 17.9 Å². The van der Waals surface area contributed by atoms with Gasteiger partial charge in [-0.05, 0) is 57.7 Å². The number of sulfonamides is 1.